The Labute approximate surface area is 134 Å². The van der Waals surface area contributed by atoms with E-state index in [-0.39, 0.29) is 11.8 Å². The van der Waals surface area contributed by atoms with Gasteiger partial charge in [0.1, 0.15) is 5.01 Å². The Bertz CT molecular complexity index is 518. The fourth-order valence-corrected chi connectivity index (χ4v) is 4.46. The van der Waals surface area contributed by atoms with Crippen molar-refractivity contribution in [1.82, 2.24) is 14.9 Å². The predicted octanol–water partition coefficient (Wildman–Crippen LogP) is 1.00. The van der Waals surface area contributed by atoms with Gasteiger partial charge in [-0.2, -0.15) is 0 Å². The summed E-state index contributed by atoms with van der Waals surface area (Å²) >= 11 is 1.69. The first kappa shape index (κ1) is 14.6. The van der Waals surface area contributed by atoms with E-state index in [0.29, 0.717) is 25.0 Å². The number of carbonyl (C=O) groups excluding carboxylic acids is 1. The minimum absolute atomic E-state index is 0.0573. The van der Waals surface area contributed by atoms with Crippen molar-refractivity contribution in [1.29, 1.82) is 0 Å². The number of ether oxygens (including phenoxy) is 1. The lowest BCUT2D eigenvalue weighted by Gasteiger charge is -2.33. The first-order chi connectivity index (χ1) is 10.8. The lowest BCUT2D eigenvalue weighted by Crippen LogP contribution is -2.45. The van der Waals surface area contributed by atoms with E-state index < -0.39 is 0 Å². The first-order valence-corrected chi connectivity index (χ1v) is 8.82. The summed E-state index contributed by atoms with van der Waals surface area (Å²) in [6.45, 7) is 5.51. The normalized spacial score (nSPS) is 32.4. The molecule has 0 aliphatic carbocycles. The van der Waals surface area contributed by atoms with Crippen LogP contribution in [0.2, 0.25) is 0 Å². The smallest absolute Gasteiger partial charge is 0.251 e. The van der Waals surface area contributed by atoms with E-state index in [0.717, 1.165) is 44.2 Å². The number of hydrogen-bond donors (Lipinski definition) is 0. The molecule has 0 bridgehead atoms. The van der Waals surface area contributed by atoms with Crippen molar-refractivity contribution in [3.63, 3.8) is 0 Å². The number of amides is 1. The van der Waals surface area contributed by atoms with Gasteiger partial charge in [0, 0.05) is 24.7 Å². The molecule has 0 N–H and O–H groups in total. The zero-order valence-electron chi connectivity index (χ0n) is 12.5. The summed E-state index contributed by atoms with van der Waals surface area (Å²) in [4.78, 5) is 24.9. The number of aromatic nitrogens is 1. The molecule has 3 saturated heterocycles. The Morgan fingerprint density at radius 1 is 1.41 bits per heavy atom. The summed E-state index contributed by atoms with van der Waals surface area (Å²) in [7, 11) is 0. The van der Waals surface area contributed by atoms with Crippen LogP contribution >= 0.6 is 11.3 Å². The second-order valence-electron chi connectivity index (χ2n) is 6.31. The van der Waals surface area contributed by atoms with Crippen molar-refractivity contribution in [3.05, 3.63) is 16.6 Å². The highest BCUT2D eigenvalue weighted by atomic mass is 32.1. The van der Waals surface area contributed by atoms with Crippen LogP contribution in [-0.4, -0.2) is 60.3 Å². The molecular formula is C15H21N3O3S. The molecule has 1 amide bonds. The highest BCUT2D eigenvalue weighted by molar-refractivity contribution is 7.09. The molecule has 3 aliphatic rings. The molecule has 3 fully saturated rings. The Morgan fingerprint density at radius 2 is 2.36 bits per heavy atom. The standard InChI is InChI=1S/C15H21N3O3S/c19-15(18-3-1-4-21-18)13-10-20-9-11-6-17(7-12(11)13)8-14-16-2-5-22-14/h2,5,11-13H,1,3-4,6-10H2/t11-,12-,13-/m1/s1. The number of hydrogen-bond acceptors (Lipinski definition) is 6. The minimum Gasteiger partial charge on any atom is -0.380 e. The van der Waals surface area contributed by atoms with Gasteiger partial charge in [0.25, 0.3) is 5.91 Å². The average Bonchev–Trinajstić information content (AvgIpc) is 3.27. The first-order valence-electron chi connectivity index (χ1n) is 7.94. The van der Waals surface area contributed by atoms with Gasteiger partial charge in [-0.3, -0.25) is 14.5 Å². The lowest BCUT2D eigenvalue weighted by atomic mass is 9.82. The molecule has 1 aromatic heterocycles. The van der Waals surface area contributed by atoms with E-state index in [1.165, 1.54) is 0 Å². The van der Waals surface area contributed by atoms with Crippen LogP contribution in [0.1, 0.15) is 11.4 Å². The van der Waals surface area contributed by atoms with Crippen molar-refractivity contribution in [2.24, 2.45) is 17.8 Å². The molecular weight excluding hydrogens is 302 g/mol. The van der Waals surface area contributed by atoms with E-state index in [2.05, 4.69) is 9.88 Å². The summed E-state index contributed by atoms with van der Waals surface area (Å²) in [5, 5.41) is 4.71. The fraction of sp³-hybridized carbons (Fsp3) is 0.733. The van der Waals surface area contributed by atoms with Gasteiger partial charge in [-0.1, -0.05) is 0 Å². The molecule has 120 valence electrons. The maximum Gasteiger partial charge on any atom is 0.251 e. The molecule has 0 saturated carbocycles. The van der Waals surface area contributed by atoms with Crippen molar-refractivity contribution in [3.8, 4) is 0 Å². The van der Waals surface area contributed by atoms with Crippen molar-refractivity contribution < 1.29 is 14.4 Å². The van der Waals surface area contributed by atoms with Gasteiger partial charge in [0.2, 0.25) is 0 Å². The van der Waals surface area contributed by atoms with E-state index in [1.54, 1.807) is 16.4 Å². The Morgan fingerprint density at radius 3 is 3.14 bits per heavy atom. The number of hydroxylamine groups is 2. The third-order valence-corrected chi connectivity index (χ3v) is 5.64. The predicted molar refractivity (Wildman–Crippen MR) is 81.0 cm³/mol. The van der Waals surface area contributed by atoms with Crippen LogP contribution in [0.25, 0.3) is 0 Å². The van der Waals surface area contributed by atoms with Gasteiger partial charge in [-0.05, 0) is 18.3 Å². The summed E-state index contributed by atoms with van der Waals surface area (Å²) in [6.07, 6.45) is 2.78. The third-order valence-electron chi connectivity index (χ3n) is 4.87. The number of rotatable bonds is 3. The molecule has 4 rings (SSSR count). The van der Waals surface area contributed by atoms with Crippen LogP contribution in [0.3, 0.4) is 0 Å². The van der Waals surface area contributed by atoms with Crippen LogP contribution in [0.5, 0.6) is 0 Å². The van der Waals surface area contributed by atoms with Crippen molar-refractivity contribution in [2.45, 2.75) is 13.0 Å². The number of carbonyl (C=O) groups is 1. The van der Waals surface area contributed by atoms with Crippen LogP contribution in [-0.2, 0) is 20.9 Å². The molecule has 1 aromatic rings. The van der Waals surface area contributed by atoms with Crippen LogP contribution < -0.4 is 0 Å². The van der Waals surface area contributed by atoms with Crippen LogP contribution in [0.4, 0.5) is 0 Å². The Balaban J connectivity index is 1.43. The monoisotopic (exact) mass is 323 g/mol. The summed E-state index contributed by atoms with van der Waals surface area (Å²) < 4.78 is 5.72. The van der Waals surface area contributed by atoms with Gasteiger partial charge < -0.3 is 4.74 Å². The Hall–Kier alpha value is -1.02. The fourth-order valence-electron chi connectivity index (χ4n) is 3.80. The highest BCUT2D eigenvalue weighted by Crippen LogP contribution is 2.36. The van der Waals surface area contributed by atoms with Crippen molar-refractivity contribution in [2.75, 3.05) is 39.5 Å². The summed E-state index contributed by atoms with van der Waals surface area (Å²) in [6, 6.07) is 0. The zero-order chi connectivity index (χ0) is 14.9. The molecule has 0 unspecified atom stereocenters. The SMILES string of the molecule is O=C([C@@H]1COC[C@H]2CN(Cc3nccs3)C[C@H]21)N1CCCO1. The minimum atomic E-state index is -0.0573. The largest absolute Gasteiger partial charge is 0.380 e. The number of nitrogens with zero attached hydrogens (tertiary/aromatic N) is 3. The molecule has 0 aromatic carbocycles. The molecule has 3 aliphatic heterocycles. The van der Waals surface area contributed by atoms with Gasteiger partial charge in [-0.15, -0.1) is 11.3 Å². The summed E-state index contributed by atoms with van der Waals surface area (Å²) in [5.74, 6) is 0.886. The third kappa shape index (κ3) is 2.78. The maximum atomic E-state index is 12.7. The molecule has 7 heteroatoms. The molecule has 6 nitrogen and oxygen atoms in total. The highest BCUT2D eigenvalue weighted by Gasteiger charge is 2.45. The van der Waals surface area contributed by atoms with Gasteiger partial charge in [0.15, 0.2) is 0 Å². The molecule has 22 heavy (non-hydrogen) atoms. The number of thiazole rings is 1. The van der Waals surface area contributed by atoms with Crippen LogP contribution in [0, 0.1) is 17.8 Å². The van der Waals surface area contributed by atoms with Gasteiger partial charge in [0.05, 0.1) is 38.8 Å². The second-order valence-corrected chi connectivity index (χ2v) is 7.29. The molecule has 0 radical (unpaired) electrons. The topological polar surface area (TPSA) is 54.9 Å². The second kappa shape index (κ2) is 6.23. The maximum absolute atomic E-state index is 12.7. The molecule has 0 spiro atoms. The molecule has 4 heterocycles. The van der Waals surface area contributed by atoms with Gasteiger partial charge in [-0.25, -0.2) is 10.0 Å². The van der Waals surface area contributed by atoms with Crippen LogP contribution in [0.15, 0.2) is 11.6 Å². The van der Waals surface area contributed by atoms with E-state index >= 15 is 0 Å². The number of fused-ring (bicyclic) bond motifs is 1. The van der Waals surface area contributed by atoms with Crippen molar-refractivity contribution >= 4 is 17.2 Å². The lowest BCUT2D eigenvalue weighted by molar-refractivity contribution is -0.181. The Kier molecular flexibility index (Phi) is 4.13. The average molecular weight is 323 g/mol. The van der Waals surface area contributed by atoms with E-state index in [9.17, 15) is 4.79 Å². The zero-order valence-corrected chi connectivity index (χ0v) is 13.3. The quantitative estimate of drug-likeness (QED) is 0.831. The van der Waals surface area contributed by atoms with E-state index in [1.807, 2.05) is 11.6 Å². The number of likely N-dealkylation sites (tertiary alicyclic amines) is 1. The molecule has 3 atom stereocenters. The van der Waals surface area contributed by atoms with E-state index in [4.69, 9.17) is 9.57 Å². The van der Waals surface area contributed by atoms with Gasteiger partial charge >= 0.3 is 0 Å². The summed E-state index contributed by atoms with van der Waals surface area (Å²) in [5.41, 5.74) is 0.